The van der Waals surface area contributed by atoms with Crippen LogP contribution in [0.3, 0.4) is 0 Å². The van der Waals surface area contributed by atoms with Crippen molar-refractivity contribution in [1.29, 1.82) is 0 Å². The highest BCUT2D eigenvalue weighted by molar-refractivity contribution is 6.30. The van der Waals surface area contributed by atoms with Crippen LogP contribution in [-0.4, -0.2) is 56.1 Å². The smallest absolute Gasteiger partial charge is 0.0409 e. The number of likely N-dealkylation sites (N-methyl/N-ethyl adjacent to an activating group) is 1. The van der Waals surface area contributed by atoms with Crippen molar-refractivity contribution in [3.63, 3.8) is 0 Å². The zero-order valence-corrected chi connectivity index (χ0v) is 14.2. The number of halogens is 1. The third kappa shape index (κ3) is 4.96. The van der Waals surface area contributed by atoms with Crippen molar-refractivity contribution in [1.82, 2.24) is 15.1 Å². The van der Waals surface area contributed by atoms with E-state index in [9.17, 15) is 0 Å². The fourth-order valence-corrected chi connectivity index (χ4v) is 3.45. The maximum atomic E-state index is 6.11. The fraction of sp³-hybridized carbons (Fsp3) is 0.647. The lowest BCUT2D eigenvalue weighted by molar-refractivity contribution is 0.193. The average molecular weight is 310 g/mol. The van der Waals surface area contributed by atoms with Gasteiger partial charge in [0.1, 0.15) is 0 Å². The van der Waals surface area contributed by atoms with Crippen LogP contribution in [0.5, 0.6) is 0 Å². The van der Waals surface area contributed by atoms with Gasteiger partial charge in [0, 0.05) is 30.2 Å². The standard InChI is InChI=1S/C17H28ClN3/c1-14-13-20(3)9-5-10-21(14)11-8-17(19-2)15-6-4-7-16(18)12-15/h4,6-7,12,14,17,19H,5,8-11,13H2,1-3H3. The minimum atomic E-state index is 0.372. The maximum absolute atomic E-state index is 6.11. The molecule has 1 aliphatic rings. The van der Waals surface area contributed by atoms with E-state index in [1.165, 1.54) is 31.6 Å². The zero-order valence-electron chi connectivity index (χ0n) is 13.5. The summed E-state index contributed by atoms with van der Waals surface area (Å²) in [6.07, 6.45) is 2.38. The van der Waals surface area contributed by atoms with Crippen LogP contribution in [0.1, 0.15) is 31.4 Å². The molecule has 2 rings (SSSR count). The van der Waals surface area contributed by atoms with Gasteiger partial charge in [-0.1, -0.05) is 23.7 Å². The van der Waals surface area contributed by atoms with E-state index >= 15 is 0 Å². The zero-order chi connectivity index (χ0) is 15.2. The monoisotopic (exact) mass is 309 g/mol. The second-order valence-corrected chi connectivity index (χ2v) is 6.62. The number of hydrogen-bond acceptors (Lipinski definition) is 3. The third-order valence-corrected chi connectivity index (χ3v) is 4.72. The normalized spacial score (nSPS) is 23.0. The minimum absolute atomic E-state index is 0.372. The number of nitrogens with one attached hydrogen (secondary N) is 1. The second kappa shape index (κ2) is 8.14. The van der Waals surface area contributed by atoms with E-state index in [-0.39, 0.29) is 0 Å². The Morgan fingerprint density at radius 3 is 2.90 bits per heavy atom. The molecule has 21 heavy (non-hydrogen) atoms. The molecule has 0 radical (unpaired) electrons. The summed E-state index contributed by atoms with van der Waals surface area (Å²) in [5, 5.41) is 4.25. The van der Waals surface area contributed by atoms with Gasteiger partial charge in [0.05, 0.1) is 0 Å². The summed E-state index contributed by atoms with van der Waals surface area (Å²) in [6.45, 7) is 7.06. The average Bonchev–Trinajstić information content (AvgIpc) is 2.61. The van der Waals surface area contributed by atoms with Crippen LogP contribution in [-0.2, 0) is 0 Å². The highest BCUT2D eigenvalue weighted by Crippen LogP contribution is 2.21. The molecule has 1 fully saturated rings. The van der Waals surface area contributed by atoms with Crippen molar-refractivity contribution in [3.8, 4) is 0 Å². The Bertz CT molecular complexity index is 438. The van der Waals surface area contributed by atoms with Gasteiger partial charge < -0.3 is 10.2 Å². The number of benzene rings is 1. The Labute approximate surface area is 134 Å². The first-order chi connectivity index (χ1) is 10.1. The molecule has 3 nitrogen and oxygen atoms in total. The predicted molar refractivity (Wildman–Crippen MR) is 91.0 cm³/mol. The largest absolute Gasteiger partial charge is 0.313 e. The van der Waals surface area contributed by atoms with Gasteiger partial charge in [0.25, 0.3) is 0 Å². The van der Waals surface area contributed by atoms with E-state index in [0.29, 0.717) is 12.1 Å². The lowest BCUT2D eigenvalue weighted by atomic mass is 10.0. The minimum Gasteiger partial charge on any atom is -0.313 e. The van der Waals surface area contributed by atoms with Crippen LogP contribution in [0.15, 0.2) is 24.3 Å². The molecular formula is C17H28ClN3. The third-order valence-electron chi connectivity index (χ3n) is 4.49. The molecule has 1 saturated heterocycles. The summed E-state index contributed by atoms with van der Waals surface area (Å²) < 4.78 is 0. The molecule has 0 bridgehead atoms. The topological polar surface area (TPSA) is 18.5 Å². The van der Waals surface area contributed by atoms with Crippen molar-refractivity contribution < 1.29 is 0 Å². The molecule has 1 aromatic carbocycles. The van der Waals surface area contributed by atoms with Crippen LogP contribution < -0.4 is 5.32 Å². The van der Waals surface area contributed by atoms with Crippen LogP contribution in [0.25, 0.3) is 0 Å². The molecule has 0 aliphatic carbocycles. The quantitative estimate of drug-likeness (QED) is 0.902. The molecule has 0 aromatic heterocycles. The summed E-state index contributed by atoms with van der Waals surface area (Å²) in [6, 6.07) is 9.21. The van der Waals surface area contributed by atoms with E-state index in [0.717, 1.165) is 18.0 Å². The Hall–Kier alpha value is -0.610. The van der Waals surface area contributed by atoms with Crippen molar-refractivity contribution in [2.75, 3.05) is 40.3 Å². The van der Waals surface area contributed by atoms with Crippen molar-refractivity contribution >= 4 is 11.6 Å². The molecule has 1 N–H and O–H groups in total. The van der Waals surface area contributed by atoms with E-state index in [4.69, 9.17) is 11.6 Å². The molecule has 1 aliphatic heterocycles. The predicted octanol–water partition coefficient (Wildman–Crippen LogP) is 3.02. The first-order valence-corrected chi connectivity index (χ1v) is 8.33. The van der Waals surface area contributed by atoms with Gasteiger partial charge in [-0.25, -0.2) is 0 Å². The number of hydrogen-bond donors (Lipinski definition) is 1. The Morgan fingerprint density at radius 1 is 1.38 bits per heavy atom. The summed E-state index contributed by atoms with van der Waals surface area (Å²) in [4.78, 5) is 5.07. The molecule has 118 valence electrons. The Kier molecular flexibility index (Phi) is 6.49. The first-order valence-electron chi connectivity index (χ1n) is 7.95. The Morgan fingerprint density at radius 2 is 2.19 bits per heavy atom. The molecule has 0 amide bonds. The fourth-order valence-electron chi connectivity index (χ4n) is 3.25. The van der Waals surface area contributed by atoms with Crippen LogP contribution in [0, 0.1) is 0 Å². The molecule has 2 unspecified atom stereocenters. The van der Waals surface area contributed by atoms with Gasteiger partial charge in [0.2, 0.25) is 0 Å². The Balaban J connectivity index is 1.93. The number of rotatable bonds is 5. The number of nitrogens with zero attached hydrogens (tertiary/aromatic N) is 2. The lowest BCUT2D eigenvalue weighted by Gasteiger charge is -2.29. The summed E-state index contributed by atoms with van der Waals surface area (Å²) >= 11 is 6.11. The van der Waals surface area contributed by atoms with Crippen LogP contribution in [0.2, 0.25) is 5.02 Å². The highest BCUT2D eigenvalue weighted by atomic mass is 35.5. The van der Waals surface area contributed by atoms with Crippen LogP contribution in [0.4, 0.5) is 0 Å². The molecule has 2 atom stereocenters. The lowest BCUT2D eigenvalue weighted by Crippen LogP contribution is -2.39. The van der Waals surface area contributed by atoms with E-state index in [1.54, 1.807) is 0 Å². The summed E-state index contributed by atoms with van der Waals surface area (Å²) in [7, 11) is 4.26. The van der Waals surface area contributed by atoms with E-state index in [2.05, 4.69) is 41.2 Å². The van der Waals surface area contributed by atoms with Gasteiger partial charge in [-0.15, -0.1) is 0 Å². The highest BCUT2D eigenvalue weighted by Gasteiger charge is 2.20. The van der Waals surface area contributed by atoms with E-state index < -0.39 is 0 Å². The van der Waals surface area contributed by atoms with Crippen LogP contribution >= 0.6 is 11.6 Å². The molecule has 4 heteroatoms. The van der Waals surface area contributed by atoms with Crippen molar-refractivity contribution in [3.05, 3.63) is 34.9 Å². The molecular weight excluding hydrogens is 282 g/mol. The maximum Gasteiger partial charge on any atom is 0.0409 e. The molecule has 0 spiro atoms. The van der Waals surface area contributed by atoms with Gasteiger partial charge in [-0.05, 0) is 64.6 Å². The van der Waals surface area contributed by atoms with Gasteiger partial charge in [0.15, 0.2) is 0 Å². The van der Waals surface area contributed by atoms with Gasteiger partial charge in [-0.2, -0.15) is 0 Å². The molecule has 1 aromatic rings. The molecule has 0 saturated carbocycles. The van der Waals surface area contributed by atoms with Gasteiger partial charge in [-0.3, -0.25) is 4.90 Å². The van der Waals surface area contributed by atoms with Crippen molar-refractivity contribution in [2.45, 2.75) is 31.8 Å². The van der Waals surface area contributed by atoms with Crippen molar-refractivity contribution in [2.24, 2.45) is 0 Å². The summed E-state index contributed by atoms with van der Waals surface area (Å²) in [5.74, 6) is 0. The second-order valence-electron chi connectivity index (χ2n) is 6.19. The summed E-state index contributed by atoms with van der Waals surface area (Å²) in [5.41, 5.74) is 1.28. The SMILES string of the molecule is CNC(CCN1CCCN(C)CC1C)c1cccc(Cl)c1. The van der Waals surface area contributed by atoms with E-state index in [1.807, 2.05) is 19.2 Å². The van der Waals surface area contributed by atoms with Gasteiger partial charge >= 0.3 is 0 Å². The first kappa shape index (κ1) is 16.8. The molecule has 1 heterocycles.